The van der Waals surface area contributed by atoms with Crippen molar-refractivity contribution in [3.05, 3.63) is 11.6 Å². The second kappa shape index (κ2) is 4.74. The third kappa shape index (κ3) is 1.83. The number of carbonyl (C=O) groups excluding carboxylic acids is 2. The Bertz CT molecular complexity index is 619. The molecule has 0 amide bonds. The second-order valence-electron chi connectivity index (χ2n) is 8.83. The third-order valence-corrected chi connectivity index (χ3v) is 9.27. The molecule has 0 aromatic carbocycles. The van der Waals surface area contributed by atoms with E-state index in [2.05, 4.69) is 18.7 Å². The summed E-state index contributed by atoms with van der Waals surface area (Å²) < 4.78 is 0. The Hall–Kier alpha value is -0.570. The molecule has 1 heterocycles. The Kier molecular flexibility index (Phi) is 3.04. The zero-order valence-electron chi connectivity index (χ0n) is 14.0. The Morgan fingerprint density at radius 3 is 2.65 bits per heavy atom. The number of fused-ring (bicyclic) bond motifs is 5. The molecule has 124 valence electrons. The smallest absolute Gasteiger partial charge is 0.155 e. The molecule has 5 aliphatic rings. The number of allylic oxidation sites excluding steroid dienone is 1. The van der Waals surface area contributed by atoms with Gasteiger partial charge in [0.2, 0.25) is 0 Å². The van der Waals surface area contributed by atoms with Gasteiger partial charge >= 0.3 is 0 Å². The molecule has 1 saturated heterocycles. The highest BCUT2D eigenvalue weighted by molar-refractivity contribution is 8.06. The normalized spacial score (nSPS) is 51.6. The van der Waals surface area contributed by atoms with Gasteiger partial charge in [0.15, 0.2) is 5.78 Å². The Morgan fingerprint density at radius 1 is 1.04 bits per heavy atom. The SMILES string of the molecule is C[C@]12CC[C@H]3[C@@H](CCC4=CC(=O)CC[C@@]43C3CS3)[C@@H]1CCC2=O. The molecule has 1 unspecified atom stereocenters. The first-order valence-electron chi connectivity index (χ1n) is 9.44. The van der Waals surface area contributed by atoms with Crippen LogP contribution in [0.25, 0.3) is 0 Å². The number of Topliss-reactive ketones (excluding diaryl/α,β-unsaturated/α-hetero) is 1. The molecule has 0 aromatic heterocycles. The Morgan fingerprint density at radius 2 is 1.87 bits per heavy atom. The van der Waals surface area contributed by atoms with Gasteiger partial charge in [0.25, 0.3) is 0 Å². The lowest BCUT2D eigenvalue weighted by Gasteiger charge is -2.58. The van der Waals surface area contributed by atoms with Crippen molar-refractivity contribution in [2.45, 2.75) is 63.5 Å². The summed E-state index contributed by atoms with van der Waals surface area (Å²) >= 11 is 2.11. The highest BCUT2D eigenvalue weighted by Gasteiger charge is 2.63. The number of thioether (sulfide) groups is 1. The van der Waals surface area contributed by atoms with Gasteiger partial charge in [-0.25, -0.2) is 0 Å². The molecular weight excluding hydrogens is 304 g/mol. The molecule has 2 nitrogen and oxygen atoms in total. The van der Waals surface area contributed by atoms with Crippen molar-refractivity contribution in [1.29, 1.82) is 0 Å². The van der Waals surface area contributed by atoms with Crippen molar-refractivity contribution in [3.8, 4) is 0 Å². The summed E-state index contributed by atoms with van der Waals surface area (Å²) in [5, 5.41) is 0.760. The zero-order valence-corrected chi connectivity index (χ0v) is 14.8. The topological polar surface area (TPSA) is 34.1 Å². The van der Waals surface area contributed by atoms with E-state index in [0.717, 1.165) is 55.6 Å². The summed E-state index contributed by atoms with van der Waals surface area (Å²) in [6, 6.07) is 0. The molecule has 4 fully saturated rings. The summed E-state index contributed by atoms with van der Waals surface area (Å²) in [5.74, 6) is 4.27. The Balaban J connectivity index is 1.57. The van der Waals surface area contributed by atoms with Crippen LogP contribution >= 0.6 is 11.8 Å². The maximum atomic E-state index is 12.5. The van der Waals surface area contributed by atoms with Gasteiger partial charge in [0.05, 0.1) is 0 Å². The van der Waals surface area contributed by atoms with Crippen LogP contribution in [0.2, 0.25) is 0 Å². The molecule has 6 atom stereocenters. The monoisotopic (exact) mass is 330 g/mol. The average molecular weight is 330 g/mol. The van der Waals surface area contributed by atoms with Crippen LogP contribution in [0.3, 0.4) is 0 Å². The second-order valence-corrected chi connectivity index (χ2v) is 10.1. The maximum absolute atomic E-state index is 12.5. The zero-order chi connectivity index (χ0) is 15.8. The fourth-order valence-corrected chi connectivity index (χ4v) is 8.13. The van der Waals surface area contributed by atoms with Gasteiger partial charge in [-0.15, -0.1) is 0 Å². The van der Waals surface area contributed by atoms with Crippen LogP contribution in [0, 0.1) is 28.6 Å². The number of rotatable bonds is 1. The molecule has 0 spiro atoms. The van der Waals surface area contributed by atoms with E-state index in [1.165, 1.54) is 24.2 Å². The first kappa shape index (κ1) is 14.7. The molecule has 23 heavy (non-hydrogen) atoms. The van der Waals surface area contributed by atoms with E-state index < -0.39 is 0 Å². The van der Waals surface area contributed by atoms with E-state index >= 15 is 0 Å². The van der Waals surface area contributed by atoms with Crippen molar-refractivity contribution in [2.75, 3.05) is 5.75 Å². The predicted molar refractivity (Wildman–Crippen MR) is 92.3 cm³/mol. The summed E-state index contributed by atoms with van der Waals surface area (Å²) in [5.41, 5.74) is 1.79. The van der Waals surface area contributed by atoms with Crippen molar-refractivity contribution in [2.24, 2.45) is 28.6 Å². The highest BCUT2D eigenvalue weighted by atomic mass is 32.2. The summed E-state index contributed by atoms with van der Waals surface area (Å²) in [6.07, 6.45) is 10.5. The van der Waals surface area contributed by atoms with E-state index in [9.17, 15) is 9.59 Å². The number of carbonyl (C=O) groups is 2. The van der Waals surface area contributed by atoms with Gasteiger partial charge in [-0.3, -0.25) is 9.59 Å². The molecule has 1 aliphatic heterocycles. The fraction of sp³-hybridized carbons (Fsp3) is 0.800. The molecule has 3 heteroatoms. The van der Waals surface area contributed by atoms with Crippen LogP contribution in [0.4, 0.5) is 0 Å². The molecule has 3 saturated carbocycles. The van der Waals surface area contributed by atoms with Gasteiger partial charge in [-0.2, -0.15) is 11.8 Å². The summed E-state index contributed by atoms with van der Waals surface area (Å²) in [6.45, 7) is 2.26. The molecule has 0 radical (unpaired) electrons. The average Bonchev–Trinajstić information content (AvgIpc) is 3.34. The third-order valence-electron chi connectivity index (χ3n) is 8.18. The quantitative estimate of drug-likeness (QED) is 0.676. The fourth-order valence-electron chi connectivity index (χ4n) is 6.99. The molecule has 0 aromatic rings. The van der Waals surface area contributed by atoms with Crippen molar-refractivity contribution in [3.63, 3.8) is 0 Å². The first-order valence-corrected chi connectivity index (χ1v) is 10.5. The van der Waals surface area contributed by atoms with Gasteiger partial charge in [0.1, 0.15) is 5.78 Å². The summed E-state index contributed by atoms with van der Waals surface area (Å²) in [7, 11) is 0. The van der Waals surface area contributed by atoms with E-state index in [0.29, 0.717) is 22.9 Å². The van der Waals surface area contributed by atoms with Gasteiger partial charge in [0, 0.05) is 34.7 Å². The van der Waals surface area contributed by atoms with Gasteiger partial charge in [-0.05, 0) is 62.4 Å². The highest BCUT2D eigenvalue weighted by Crippen LogP contribution is 2.69. The standard InChI is InChI=1S/C20H26O2S/c1-19-8-7-16-14(15(19)4-5-17(19)22)3-2-12-10-13(21)6-9-20(12,16)18-11-23-18/h10,14-16,18H,2-9,11H2,1H3/t14-,15-,16-,18?,19-,20+/m0/s1. The number of ketones is 2. The molecule has 0 N–H and O–H groups in total. The van der Waals surface area contributed by atoms with Crippen molar-refractivity contribution < 1.29 is 9.59 Å². The van der Waals surface area contributed by atoms with Gasteiger partial charge in [-0.1, -0.05) is 12.5 Å². The molecule has 5 rings (SSSR count). The van der Waals surface area contributed by atoms with E-state index in [1.807, 2.05) is 6.08 Å². The lowest BCUT2D eigenvalue weighted by atomic mass is 9.46. The minimum absolute atomic E-state index is 0.0231. The Labute approximate surface area is 142 Å². The lowest BCUT2D eigenvalue weighted by Crippen LogP contribution is -2.53. The van der Waals surface area contributed by atoms with Crippen molar-refractivity contribution in [1.82, 2.24) is 0 Å². The summed E-state index contributed by atoms with van der Waals surface area (Å²) in [4.78, 5) is 24.5. The van der Waals surface area contributed by atoms with E-state index in [1.54, 1.807) is 0 Å². The predicted octanol–water partition coefficient (Wildman–Crippen LogP) is 4.18. The van der Waals surface area contributed by atoms with Crippen LogP contribution in [-0.4, -0.2) is 22.6 Å². The largest absolute Gasteiger partial charge is 0.299 e. The maximum Gasteiger partial charge on any atom is 0.155 e. The van der Waals surface area contributed by atoms with Gasteiger partial charge < -0.3 is 0 Å². The van der Waals surface area contributed by atoms with Crippen molar-refractivity contribution >= 4 is 23.3 Å². The minimum Gasteiger partial charge on any atom is -0.299 e. The van der Waals surface area contributed by atoms with Crippen LogP contribution in [0.1, 0.15) is 58.3 Å². The van der Waals surface area contributed by atoms with Crippen LogP contribution in [-0.2, 0) is 9.59 Å². The van der Waals surface area contributed by atoms with Crippen LogP contribution in [0.15, 0.2) is 11.6 Å². The molecule has 0 bridgehead atoms. The van der Waals surface area contributed by atoms with Crippen LogP contribution < -0.4 is 0 Å². The lowest BCUT2D eigenvalue weighted by molar-refractivity contribution is -0.132. The molecule has 4 aliphatic carbocycles. The minimum atomic E-state index is -0.0231. The number of hydrogen-bond donors (Lipinski definition) is 0. The number of hydrogen-bond acceptors (Lipinski definition) is 3. The van der Waals surface area contributed by atoms with Crippen LogP contribution in [0.5, 0.6) is 0 Å². The van der Waals surface area contributed by atoms with E-state index in [4.69, 9.17) is 0 Å². The van der Waals surface area contributed by atoms with E-state index in [-0.39, 0.29) is 5.41 Å². The first-order chi connectivity index (χ1) is 11.1. The molecular formula is C20H26O2S.